The highest BCUT2D eigenvalue weighted by atomic mass is 32.2. The summed E-state index contributed by atoms with van der Waals surface area (Å²) >= 11 is -2.23. The first-order chi connectivity index (χ1) is 12.4. The summed E-state index contributed by atoms with van der Waals surface area (Å²) in [7, 11) is 0. The Hall–Kier alpha value is -2.43. The largest absolute Gasteiger partial charge is 0.415 e. The van der Waals surface area contributed by atoms with Crippen molar-refractivity contribution in [1.29, 1.82) is 0 Å². The summed E-state index contributed by atoms with van der Waals surface area (Å²) in [5.74, 6) is -0.260. The molecule has 7 nitrogen and oxygen atoms in total. The third-order valence-corrected chi connectivity index (χ3v) is 4.83. The molecule has 1 aromatic carbocycles. The topological polar surface area (TPSA) is 108 Å². The number of benzene rings is 1. The summed E-state index contributed by atoms with van der Waals surface area (Å²) in [5.41, 5.74) is 2.63. The quantitative estimate of drug-likeness (QED) is 0.565. The van der Waals surface area contributed by atoms with E-state index in [1.54, 1.807) is 31.2 Å². The lowest BCUT2D eigenvalue weighted by Gasteiger charge is -2.14. The van der Waals surface area contributed by atoms with Crippen molar-refractivity contribution in [1.82, 2.24) is 15.2 Å². The maximum atomic E-state index is 12.6. The standard InChI is InChI=1S/C16H15F2N3O4S/c1-8-6-9(2-3-10(8)12(7-22)26(23)24)14-13-11(4-5-19-14)20-21-15(13)25-16(17)18/h2-6,12,16,22H,7H2,1H3,(H,20,21)(H,23,24). The molecule has 2 atom stereocenters. The number of ether oxygens (including phenoxy) is 1. The zero-order valence-electron chi connectivity index (χ0n) is 13.5. The van der Waals surface area contributed by atoms with Gasteiger partial charge >= 0.3 is 6.61 Å². The van der Waals surface area contributed by atoms with E-state index >= 15 is 0 Å². The third-order valence-electron chi connectivity index (χ3n) is 3.94. The van der Waals surface area contributed by atoms with Crippen LogP contribution in [0.5, 0.6) is 5.88 Å². The molecule has 2 aromatic heterocycles. The summed E-state index contributed by atoms with van der Waals surface area (Å²) in [6.45, 7) is -1.78. The molecule has 0 aliphatic carbocycles. The molecule has 2 heterocycles. The summed E-state index contributed by atoms with van der Waals surface area (Å²) < 4.78 is 50.3. The smallest absolute Gasteiger partial charge is 0.388 e. The van der Waals surface area contributed by atoms with Gasteiger partial charge in [-0.2, -0.15) is 8.78 Å². The van der Waals surface area contributed by atoms with Crippen molar-refractivity contribution in [3.8, 4) is 17.1 Å². The summed E-state index contributed by atoms with van der Waals surface area (Å²) in [6, 6.07) is 6.53. The number of hydrogen-bond donors (Lipinski definition) is 3. The minimum absolute atomic E-state index is 0.260. The molecule has 0 saturated carbocycles. The molecule has 10 heteroatoms. The van der Waals surface area contributed by atoms with Gasteiger partial charge in [-0.25, -0.2) is 4.21 Å². The second kappa shape index (κ2) is 7.44. The second-order valence-electron chi connectivity index (χ2n) is 5.51. The number of H-pyrrole nitrogens is 1. The maximum absolute atomic E-state index is 12.6. The molecular formula is C16H15F2N3O4S. The molecule has 26 heavy (non-hydrogen) atoms. The number of aromatic nitrogens is 3. The molecule has 2 unspecified atom stereocenters. The van der Waals surface area contributed by atoms with Crippen molar-refractivity contribution in [2.24, 2.45) is 0 Å². The first-order valence-corrected chi connectivity index (χ1v) is 8.68. The maximum Gasteiger partial charge on any atom is 0.388 e. The van der Waals surface area contributed by atoms with E-state index in [2.05, 4.69) is 19.9 Å². The lowest BCUT2D eigenvalue weighted by atomic mass is 9.99. The number of nitrogens with one attached hydrogen (secondary N) is 1. The van der Waals surface area contributed by atoms with Gasteiger partial charge in [-0.1, -0.05) is 12.1 Å². The van der Waals surface area contributed by atoms with Crippen LogP contribution in [-0.4, -0.2) is 42.3 Å². The van der Waals surface area contributed by atoms with E-state index in [0.717, 1.165) is 0 Å². The lowest BCUT2D eigenvalue weighted by Crippen LogP contribution is -2.11. The van der Waals surface area contributed by atoms with Crippen LogP contribution in [0.1, 0.15) is 16.4 Å². The van der Waals surface area contributed by atoms with Crippen molar-refractivity contribution < 1.29 is 27.4 Å². The first-order valence-electron chi connectivity index (χ1n) is 7.51. The number of fused-ring (bicyclic) bond motifs is 1. The number of alkyl halides is 2. The Labute approximate surface area is 149 Å². The number of aliphatic hydroxyl groups is 1. The zero-order valence-corrected chi connectivity index (χ0v) is 14.3. The molecule has 0 aliphatic heterocycles. The van der Waals surface area contributed by atoms with Gasteiger partial charge in [0.25, 0.3) is 0 Å². The molecule has 3 N–H and O–H groups in total. The third kappa shape index (κ3) is 3.43. The van der Waals surface area contributed by atoms with E-state index in [0.29, 0.717) is 33.3 Å². The van der Waals surface area contributed by atoms with Gasteiger partial charge in [-0.15, -0.1) is 5.10 Å². The van der Waals surface area contributed by atoms with Crippen LogP contribution in [0.2, 0.25) is 0 Å². The van der Waals surface area contributed by atoms with Gasteiger partial charge in [0.15, 0.2) is 11.1 Å². The predicted octanol–water partition coefficient (Wildman–Crippen LogP) is 2.79. The van der Waals surface area contributed by atoms with Crippen LogP contribution in [0.4, 0.5) is 8.78 Å². The average Bonchev–Trinajstić information content (AvgIpc) is 2.99. The summed E-state index contributed by atoms with van der Waals surface area (Å²) in [6.07, 6.45) is 1.50. The van der Waals surface area contributed by atoms with E-state index in [4.69, 9.17) is 0 Å². The summed E-state index contributed by atoms with van der Waals surface area (Å²) in [5, 5.41) is 15.1. The SMILES string of the molecule is Cc1cc(-c2nccc3[nH]nc(OC(F)F)c23)ccc1C(CO)S(=O)O. The highest BCUT2D eigenvalue weighted by Gasteiger charge is 2.21. The Morgan fingerprint density at radius 3 is 2.73 bits per heavy atom. The predicted molar refractivity (Wildman–Crippen MR) is 91.3 cm³/mol. The van der Waals surface area contributed by atoms with Gasteiger partial charge in [-0.05, 0) is 30.2 Å². The molecule has 138 valence electrons. The number of nitrogens with zero attached hydrogens (tertiary/aromatic N) is 2. The van der Waals surface area contributed by atoms with E-state index in [-0.39, 0.29) is 5.88 Å². The Morgan fingerprint density at radius 2 is 2.12 bits per heavy atom. The number of pyridine rings is 1. The lowest BCUT2D eigenvalue weighted by molar-refractivity contribution is -0.0518. The minimum atomic E-state index is -3.02. The number of aromatic amines is 1. The van der Waals surface area contributed by atoms with Gasteiger partial charge in [-0.3, -0.25) is 10.1 Å². The number of hydrogen-bond acceptors (Lipinski definition) is 5. The van der Waals surface area contributed by atoms with Gasteiger partial charge < -0.3 is 14.4 Å². The average molecular weight is 383 g/mol. The Morgan fingerprint density at radius 1 is 1.35 bits per heavy atom. The number of rotatable bonds is 6. The molecule has 0 radical (unpaired) electrons. The van der Waals surface area contributed by atoms with E-state index < -0.39 is 29.5 Å². The van der Waals surface area contributed by atoms with Gasteiger partial charge in [0.1, 0.15) is 5.25 Å². The Balaban J connectivity index is 2.11. The van der Waals surface area contributed by atoms with Gasteiger partial charge in [0.2, 0.25) is 5.88 Å². The van der Waals surface area contributed by atoms with Crippen LogP contribution in [0.3, 0.4) is 0 Å². The van der Waals surface area contributed by atoms with Gasteiger partial charge in [0, 0.05) is 11.8 Å². The Bertz CT molecular complexity index is 964. The van der Waals surface area contributed by atoms with Crippen molar-refractivity contribution >= 4 is 22.0 Å². The van der Waals surface area contributed by atoms with Crippen molar-refractivity contribution in [3.63, 3.8) is 0 Å². The summed E-state index contributed by atoms with van der Waals surface area (Å²) in [4.78, 5) is 4.24. The molecule has 0 aliphatic rings. The van der Waals surface area contributed by atoms with E-state index in [1.165, 1.54) is 6.20 Å². The zero-order chi connectivity index (χ0) is 18.8. The van der Waals surface area contributed by atoms with Crippen molar-refractivity contribution in [2.45, 2.75) is 18.8 Å². The highest BCUT2D eigenvalue weighted by molar-refractivity contribution is 7.79. The molecule has 0 amide bonds. The number of aliphatic hydroxyl groups excluding tert-OH is 1. The fourth-order valence-electron chi connectivity index (χ4n) is 2.78. The molecule has 0 spiro atoms. The van der Waals surface area contributed by atoms with E-state index in [9.17, 15) is 22.6 Å². The highest BCUT2D eigenvalue weighted by Crippen LogP contribution is 2.34. The molecule has 3 rings (SSSR count). The van der Waals surface area contributed by atoms with E-state index in [1.807, 2.05) is 0 Å². The van der Waals surface area contributed by atoms with Gasteiger partial charge in [0.05, 0.1) is 23.2 Å². The molecule has 0 saturated heterocycles. The van der Waals surface area contributed by atoms with Crippen LogP contribution >= 0.6 is 0 Å². The van der Waals surface area contributed by atoms with Crippen molar-refractivity contribution in [3.05, 3.63) is 41.6 Å². The normalized spacial score (nSPS) is 13.9. The minimum Gasteiger partial charge on any atom is -0.415 e. The Kier molecular flexibility index (Phi) is 5.25. The van der Waals surface area contributed by atoms with Crippen LogP contribution < -0.4 is 4.74 Å². The monoisotopic (exact) mass is 383 g/mol. The van der Waals surface area contributed by atoms with Crippen LogP contribution in [0.25, 0.3) is 22.2 Å². The fourth-order valence-corrected chi connectivity index (χ4v) is 3.39. The molecule has 0 bridgehead atoms. The molecule has 3 aromatic rings. The molecular weight excluding hydrogens is 368 g/mol. The molecule has 0 fully saturated rings. The van der Waals surface area contributed by atoms with Crippen molar-refractivity contribution in [2.75, 3.05) is 6.61 Å². The number of halogens is 2. The fraction of sp³-hybridized carbons (Fsp3) is 0.250. The van der Waals surface area contributed by atoms with Crippen LogP contribution in [0.15, 0.2) is 30.5 Å². The van der Waals surface area contributed by atoms with Crippen LogP contribution in [0, 0.1) is 6.92 Å². The second-order valence-corrected chi connectivity index (χ2v) is 6.63. The number of aryl methyl sites for hydroxylation is 1. The van der Waals surface area contributed by atoms with Crippen LogP contribution in [-0.2, 0) is 11.1 Å². The first kappa shape index (κ1) is 18.4.